The second-order valence-corrected chi connectivity index (χ2v) is 9.68. The maximum Gasteiger partial charge on any atom is 0.287 e. The molecule has 1 amide bonds. The number of benzene rings is 2. The van der Waals surface area contributed by atoms with Crippen LogP contribution in [-0.4, -0.2) is 66.7 Å². The van der Waals surface area contributed by atoms with Crippen molar-refractivity contribution in [2.75, 3.05) is 44.8 Å². The molecular formula is C30H32N4O7. The smallest absolute Gasteiger partial charge is 0.287 e. The van der Waals surface area contributed by atoms with Gasteiger partial charge in [-0.1, -0.05) is 42.5 Å². The van der Waals surface area contributed by atoms with Crippen LogP contribution in [0.25, 0.3) is 11.1 Å². The summed E-state index contributed by atoms with van der Waals surface area (Å²) < 4.78 is 17.2. The summed E-state index contributed by atoms with van der Waals surface area (Å²) in [5.74, 6) is 0.187. The summed E-state index contributed by atoms with van der Waals surface area (Å²) in [5.41, 5.74) is 6.04. The number of anilines is 1. The minimum Gasteiger partial charge on any atom is -0.459 e. The fraction of sp³-hybridized carbons (Fsp3) is 0.333. The van der Waals surface area contributed by atoms with Gasteiger partial charge in [0.05, 0.1) is 31.4 Å². The van der Waals surface area contributed by atoms with E-state index in [9.17, 15) is 14.9 Å². The summed E-state index contributed by atoms with van der Waals surface area (Å²) in [6.45, 7) is 1.36. The molecule has 0 saturated heterocycles. The van der Waals surface area contributed by atoms with Crippen LogP contribution in [0.4, 0.5) is 11.5 Å². The second-order valence-electron chi connectivity index (χ2n) is 9.68. The molecule has 41 heavy (non-hydrogen) atoms. The average molecular weight is 561 g/mol. The largest absolute Gasteiger partial charge is 0.459 e. The molecular weight excluding hydrogens is 528 g/mol. The van der Waals surface area contributed by atoms with Crippen LogP contribution in [0.5, 0.6) is 0 Å². The normalized spacial score (nSPS) is 17.1. The van der Waals surface area contributed by atoms with Gasteiger partial charge in [-0.15, -0.1) is 0 Å². The predicted octanol–water partition coefficient (Wildman–Crippen LogP) is 3.53. The zero-order chi connectivity index (χ0) is 28.6. The van der Waals surface area contributed by atoms with E-state index in [4.69, 9.17) is 19.3 Å². The van der Waals surface area contributed by atoms with Crippen molar-refractivity contribution in [3.05, 3.63) is 99.4 Å². The van der Waals surface area contributed by atoms with Crippen LogP contribution in [0.3, 0.4) is 0 Å². The van der Waals surface area contributed by atoms with E-state index in [1.54, 1.807) is 0 Å². The molecule has 0 fully saturated rings. The molecule has 0 spiro atoms. The molecule has 1 aromatic heterocycles. The Balaban J connectivity index is 1.26. The molecule has 0 saturated carbocycles. The number of fused-ring (bicyclic) bond motifs is 3. The van der Waals surface area contributed by atoms with Gasteiger partial charge in [-0.05, 0) is 46.4 Å². The fourth-order valence-electron chi connectivity index (χ4n) is 5.12. The van der Waals surface area contributed by atoms with Crippen molar-refractivity contribution in [3.8, 4) is 11.1 Å². The topological polar surface area (TPSA) is 145 Å². The van der Waals surface area contributed by atoms with Crippen LogP contribution >= 0.6 is 0 Å². The molecule has 2 unspecified atom stereocenters. The number of nitrogens with one attached hydrogen (secondary N) is 2. The van der Waals surface area contributed by atoms with Crippen LogP contribution in [0, 0.1) is 10.1 Å². The van der Waals surface area contributed by atoms with E-state index in [0.717, 1.165) is 12.0 Å². The first-order chi connectivity index (χ1) is 20.0. The van der Waals surface area contributed by atoms with E-state index in [1.807, 2.05) is 12.1 Å². The van der Waals surface area contributed by atoms with Crippen molar-refractivity contribution < 1.29 is 29.0 Å². The van der Waals surface area contributed by atoms with Gasteiger partial charge in [-0.3, -0.25) is 14.9 Å². The van der Waals surface area contributed by atoms with E-state index >= 15 is 0 Å². The minimum atomic E-state index is -0.648. The summed E-state index contributed by atoms with van der Waals surface area (Å²) in [6, 6.07) is 17.6. The second kappa shape index (κ2) is 13.4. The molecule has 2 aromatic carbocycles. The Hall–Kier alpha value is -4.32. The van der Waals surface area contributed by atoms with Gasteiger partial charge in [0.15, 0.2) is 5.76 Å². The van der Waals surface area contributed by atoms with Crippen molar-refractivity contribution in [3.63, 3.8) is 0 Å². The summed E-state index contributed by atoms with van der Waals surface area (Å²) in [7, 11) is 0. The Kier molecular flexibility index (Phi) is 9.19. The quantitative estimate of drug-likeness (QED) is 0.127. The number of ether oxygens (including phenoxy) is 3. The zero-order valence-electron chi connectivity index (χ0n) is 22.5. The van der Waals surface area contributed by atoms with Crippen molar-refractivity contribution in [2.45, 2.75) is 25.0 Å². The van der Waals surface area contributed by atoms with Gasteiger partial charge in [-0.25, -0.2) is 4.98 Å². The van der Waals surface area contributed by atoms with Crippen molar-refractivity contribution in [2.24, 2.45) is 0 Å². The summed E-state index contributed by atoms with van der Waals surface area (Å²) in [6.07, 6.45) is 3.76. The maximum absolute atomic E-state index is 13.1. The first-order valence-corrected chi connectivity index (χ1v) is 13.5. The molecule has 3 aromatic rings. The third kappa shape index (κ3) is 6.88. The molecule has 2 atom stereocenters. The highest BCUT2D eigenvalue weighted by molar-refractivity contribution is 5.91. The van der Waals surface area contributed by atoms with E-state index in [1.165, 1.54) is 40.6 Å². The van der Waals surface area contributed by atoms with Crippen molar-refractivity contribution in [1.29, 1.82) is 0 Å². The summed E-state index contributed by atoms with van der Waals surface area (Å²) >= 11 is 0. The standard InChI is InChI=1S/C30H32N4O7/c35-12-13-39-14-15-40-29-18-21(24-6-3-7-25-23-5-2-1-4-20(23)16-26(24)25)17-27(41-29)30(36)32-11-10-31-28-9-8-22(19-33-28)34(37)38/h1-9,17,19,21,29,35H,10-16,18H2,(H,31,33)(H,32,36). The number of allylic oxidation sites excluding steroid dienone is 1. The number of nitrogens with zero attached hydrogens (tertiary/aromatic N) is 2. The first-order valence-electron chi connectivity index (χ1n) is 13.5. The maximum atomic E-state index is 13.1. The van der Waals surface area contributed by atoms with Crippen LogP contribution in [0.15, 0.2) is 72.6 Å². The number of hydrogen-bond donors (Lipinski definition) is 3. The van der Waals surface area contributed by atoms with Gasteiger partial charge >= 0.3 is 0 Å². The lowest BCUT2D eigenvalue weighted by molar-refractivity contribution is -0.385. The monoisotopic (exact) mass is 560 g/mol. The average Bonchev–Trinajstić information content (AvgIpc) is 3.38. The molecule has 2 aliphatic rings. The lowest BCUT2D eigenvalue weighted by Crippen LogP contribution is -2.35. The molecule has 1 aliphatic heterocycles. The number of aliphatic hydroxyl groups is 1. The molecule has 5 rings (SSSR count). The molecule has 11 nitrogen and oxygen atoms in total. The van der Waals surface area contributed by atoms with Crippen LogP contribution in [0.1, 0.15) is 29.0 Å². The predicted molar refractivity (Wildman–Crippen MR) is 151 cm³/mol. The number of nitro groups is 1. The van der Waals surface area contributed by atoms with Gasteiger partial charge in [0.1, 0.15) is 12.0 Å². The minimum absolute atomic E-state index is 0.0638. The molecule has 1 aliphatic carbocycles. The number of carbonyl (C=O) groups is 1. The highest BCUT2D eigenvalue weighted by Crippen LogP contribution is 2.42. The summed E-state index contributed by atoms with van der Waals surface area (Å²) in [4.78, 5) is 27.4. The number of pyridine rings is 1. The molecule has 0 radical (unpaired) electrons. The SMILES string of the molecule is O=C(NCCNc1ccc([N+](=O)[O-])cn1)C1=CC(c2cccc3c2Cc2ccccc2-3)CC(OCCOCCO)O1. The zero-order valence-corrected chi connectivity index (χ0v) is 22.5. The van der Waals surface area contributed by atoms with Gasteiger partial charge in [0.25, 0.3) is 11.6 Å². The molecule has 2 heterocycles. The van der Waals surface area contributed by atoms with E-state index in [0.29, 0.717) is 25.4 Å². The van der Waals surface area contributed by atoms with Gasteiger partial charge in [0.2, 0.25) is 6.29 Å². The van der Waals surface area contributed by atoms with Crippen molar-refractivity contribution in [1.82, 2.24) is 10.3 Å². The molecule has 214 valence electrons. The highest BCUT2D eigenvalue weighted by atomic mass is 16.7. The van der Waals surface area contributed by atoms with Crippen LogP contribution in [-0.2, 0) is 25.4 Å². The van der Waals surface area contributed by atoms with Crippen LogP contribution < -0.4 is 10.6 Å². The first kappa shape index (κ1) is 28.2. The number of rotatable bonds is 13. The number of amides is 1. The lowest BCUT2D eigenvalue weighted by atomic mass is 9.87. The highest BCUT2D eigenvalue weighted by Gasteiger charge is 2.31. The Labute approximate surface area is 237 Å². The Morgan fingerprint density at radius 3 is 2.73 bits per heavy atom. The van der Waals surface area contributed by atoms with E-state index in [-0.39, 0.29) is 49.6 Å². The van der Waals surface area contributed by atoms with E-state index in [2.05, 4.69) is 52.0 Å². The van der Waals surface area contributed by atoms with Crippen molar-refractivity contribution >= 4 is 17.4 Å². The Morgan fingerprint density at radius 1 is 1.07 bits per heavy atom. The summed E-state index contributed by atoms with van der Waals surface area (Å²) in [5, 5.41) is 25.6. The lowest BCUT2D eigenvalue weighted by Gasteiger charge is -2.30. The molecule has 0 bridgehead atoms. The third-order valence-corrected chi connectivity index (χ3v) is 7.01. The van der Waals surface area contributed by atoms with E-state index < -0.39 is 11.2 Å². The molecule has 3 N–H and O–H groups in total. The third-order valence-electron chi connectivity index (χ3n) is 7.01. The Morgan fingerprint density at radius 2 is 1.93 bits per heavy atom. The fourth-order valence-corrected chi connectivity index (χ4v) is 5.12. The number of aliphatic hydroxyl groups excluding tert-OH is 1. The van der Waals surface area contributed by atoms with Gasteiger partial charge in [0, 0.05) is 31.5 Å². The van der Waals surface area contributed by atoms with Gasteiger partial charge in [-0.2, -0.15) is 0 Å². The van der Waals surface area contributed by atoms with Crippen LogP contribution in [0.2, 0.25) is 0 Å². The van der Waals surface area contributed by atoms with Gasteiger partial charge < -0.3 is 30.0 Å². The number of hydrogen-bond acceptors (Lipinski definition) is 9. The number of carbonyl (C=O) groups excluding carboxylic acids is 1. The number of aromatic nitrogens is 1. The Bertz CT molecular complexity index is 1410. The molecule has 11 heteroatoms.